The Balaban J connectivity index is 0.00000144. The van der Waals surface area contributed by atoms with Gasteiger partial charge in [0, 0.05) is 5.75 Å². The molecule has 66 valence electrons. The molecule has 2 heteroatoms. The van der Waals surface area contributed by atoms with Gasteiger partial charge in [-0.2, -0.15) is 18.2 Å². The second-order valence-corrected chi connectivity index (χ2v) is 3.06. The molecule has 0 aliphatic heterocycles. The van der Waals surface area contributed by atoms with Crippen LogP contribution in [0, 0.1) is 12.0 Å². The van der Waals surface area contributed by atoms with E-state index in [1.807, 2.05) is 24.3 Å². The molecule has 0 amide bonds. The van der Waals surface area contributed by atoms with Gasteiger partial charge in [0.25, 0.3) is 0 Å². The van der Waals surface area contributed by atoms with Crippen LogP contribution in [0.2, 0.25) is 0 Å². The fourth-order valence-corrected chi connectivity index (χ4v) is 0.824. The Morgan fingerprint density at radius 2 is 2.00 bits per heavy atom. The van der Waals surface area contributed by atoms with Crippen molar-refractivity contribution in [2.75, 3.05) is 6.61 Å². The van der Waals surface area contributed by atoms with Gasteiger partial charge in [0.15, 0.2) is 0 Å². The van der Waals surface area contributed by atoms with Crippen molar-refractivity contribution in [3.05, 3.63) is 30.3 Å². The third-order valence-corrected chi connectivity index (χ3v) is 1.92. The van der Waals surface area contributed by atoms with Gasteiger partial charge in [-0.25, -0.2) is 0 Å². The minimum Gasteiger partial charge on any atom is -0.519 e. The number of ether oxygens (including phenoxy) is 1. The first kappa shape index (κ1) is 12.6. The Labute approximate surface area is 92.7 Å². The molecule has 0 heterocycles. The third kappa shape index (κ3) is 5.03. The summed E-state index contributed by atoms with van der Waals surface area (Å²) in [5, 5.41) is 0. The predicted octanol–water partition coefficient (Wildman–Crippen LogP) is -0.0843. The Kier molecular flexibility index (Phi) is 6.85. The first-order valence-corrected chi connectivity index (χ1v) is 4.42. The van der Waals surface area contributed by atoms with Crippen LogP contribution in [0.5, 0.6) is 5.75 Å². The van der Waals surface area contributed by atoms with E-state index in [-0.39, 0.29) is 18.9 Å². The van der Waals surface area contributed by atoms with E-state index in [1.165, 1.54) is 6.42 Å². The standard InChI is InChI=1S/C11H15O.Li/c1-3-10(2)9-12-11-7-5-4-6-8-11;/h5-8,10H,3,9H2,1-2H3;/q-1;+1. The molecule has 0 radical (unpaired) electrons. The zero-order valence-corrected chi connectivity index (χ0v) is 8.71. The summed E-state index contributed by atoms with van der Waals surface area (Å²) in [5.41, 5.74) is 0. The molecule has 0 bridgehead atoms. The molecular formula is C11H15LiO. The van der Waals surface area contributed by atoms with Crippen LogP contribution in [0.1, 0.15) is 20.3 Å². The van der Waals surface area contributed by atoms with E-state index in [4.69, 9.17) is 4.74 Å². The summed E-state index contributed by atoms with van der Waals surface area (Å²) in [6, 6.07) is 10.6. The van der Waals surface area contributed by atoms with Gasteiger partial charge in [0.1, 0.15) is 0 Å². The molecule has 0 saturated carbocycles. The summed E-state index contributed by atoms with van der Waals surface area (Å²) < 4.78 is 5.54. The topological polar surface area (TPSA) is 9.23 Å². The van der Waals surface area contributed by atoms with Crippen molar-refractivity contribution in [3.8, 4) is 5.75 Å². The molecular weight excluding hydrogens is 155 g/mol. The van der Waals surface area contributed by atoms with Crippen LogP contribution in [0.25, 0.3) is 0 Å². The van der Waals surface area contributed by atoms with Gasteiger partial charge in [0.2, 0.25) is 0 Å². The van der Waals surface area contributed by atoms with E-state index < -0.39 is 0 Å². The van der Waals surface area contributed by atoms with Gasteiger partial charge in [-0.1, -0.05) is 20.3 Å². The summed E-state index contributed by atoms with van der Waals surface area (Å²) in [6.07, 6.45) is 1.17. The largest absolute Gasteiger partial charge is 1.00 e. The molecule has 0 spiro atoms. The summed E-state index contributed by atoms with van der Waals surface area (Å²) in [5.74, 6) is 1.57. The molecule has 0 aliphatic carbocycles. The van der Waals surface area contributed by atoms with Crippen molar-refractivity contribution < 1.29 is 23.6 Å². The van der Waals surface area contributed by atoms with E-state index in [9.17, 15) is 0 Å². The van der Waals surface area contributed by atoms with Crippen LogP contribution in [-0.4, -0.2) is 6.61 Å². The van der Waals surface area contributed by atoms with Crippen molar-refractivity contribution in [3.63, 3.8) is 0 Å². The van der Waals surface area contributed by atoms with Gasteiger partial charge in [0.05, 0.1) is 6.61 Å². The average Bonchev–Trinajstić information content (AvgIpc) is 2.16. The Hall–Kier alpha value is -0.383. The molecule has 1 aromatic rings. The zero-order valence-electron chi connectivity index (χ0n) is 8.71. The van der Waals surface area contributed by atoms with Crippen LogP contribution in [0.4, 0.5) is 0 Å². The smallest absolute Gasteiger partial charge is 0.519 e. The second kappa shape index (κ2) is 7.06. The van der Waals surface area contributed by atoms with Gasteiger partial charge >= 0.3 is 18.9 Å². The van der Waals surface area contributed by atoms with Crippen molar-refractivity contribution in [1.29, 1.82) is 0 Å². The quantitative estimate of drug-likeness (QED) is 0.453. The molecule has 1 unspecified atom stereocenters. The molecule has 1 aromatic carbocycles. The molecule has 0 fully saturated rings. The fourth-order valence-electron chi connectivity index (χ4n) is 0.824. The molecule has 0 aliphatic rings. The van der Waals surface area contributed by atoms with Gasteiger partial charge < -0.3 is 4.74 Å². The summed E-state index contributed by atoms with van der Waals surface area (Å²) in [6.45, 7) is 5.17. The summed E-state index contributed by atoms with van der Waals surface area (Å²) in [4.78, 5) is 0. The normalized spacial score (nSPS) is 11.5. The van der Waals surface area contributed by atoms with E-state index in [1.54, 1.807) is 0 Å². The maximum atomic E-state index is 5.54. The monoisotopic (exact) mass is 170 g/mol. The maximum Gasteiger partial charge on any atom is 1.00 e. The Morgan fingerprint density at radius 1 is 1.38 bits per heavy atom. The van der Waals surface area contributed by atoms with Crippen molar-refractivity contribution >= 4 is 0 Å². The Morgan fingerprint density at radius 3 is 2.54 bits per heavy atom. The zero-order chi connectivity index (χ0) is 8.81. The molecule has 13 heavy (non-hydrogen) atoms. The number of hydrogen-bond acceptors (Lipinski definition) is 1. The summed E-state index contributed by atoms with van der Waals surface area (Å²) in [7, 11) is 0. The van der Waals surface area contributed by atoms with Crippen LogP contribution in [-0.2, 0) is 0 Å². The molecule has 0 N–H and O–H groups in total. The van der Waals surface area contributed by atoms with Crippen LogP contribution in [0.15, 0.2) is 24.3 Å². The van der Waals surface area contributed by atoms with Crippen LogP contribution in [0.3, 0.4) is 0 Å². The molecule has 1 nitrogen and oxygen atoms in total. The molecule has 0 saturated heterocycles. The predicted molar refractivity (Wildman–Crippen MR) is 50.2 cm³/mol. The van der Waals surface area contributed by atoms with Crippen molar-refractivity contribution in [2.45, 2.75) is 20.3 Å². The van der Waals surface area contributed by atoms with Crippen molar-refractivity contribution in [2.24, 2.45) is 5.92 Å². The van der Waals surface area contributed by atoms with E-state index >= 15 is 0 Å². The minimum atomic E-state index is 0. The van der Waals surface area contributed by atoms with Gasteiger partial charge in [-0.05, 0) is 5.92 Å². The summed E-state index contributed by atoms with van der Waals surface area (Å²) >= 11 is 0. The third-order valence-electron chi connectivity index (χ3n) is 1.92. The molecule has 1 rings (SSSR count). The maximum absolute atomic E-state index is 5.54. The minimum absolute atomic E-state index is 0. The average molecular weight is 170 g/mol. The Bertz CT molecular complexity index is 211. The van der Waals surface area contributed by atoms with E-state index in [2.05, 4.69) is 19.9 Å². The fraction of sp³-hybridized carbons (Fsp3) is 0.455. The van der Waals surface area contributed by atoms with Crippen molar-refractivity contribution in [1.82, 2.24) is 0 Å². The SMILES string of the molecule is CCC(C)COc1cc[c-]cc1.[Li+]. The van der Waals surface area contributed by atoms with E-state index in [0.717, 1.165) is 12.4 Å². The molecule has 0 aromatic heterocycles. The van der Waals surface area contributed by atoms with Crippen LogP contribution < -0.4 is 23.6 Å². The number of rotatable bonds is 4. The van der Waals surface area contributed by atoms with Gasteiger partial charge in [-0.3, -0.25) is 0 Å². The number of benzene rings is 1. The molecule has 1 atom stereocenters. The van der Waals surface area contributed by atoms with E-state index in [0.29, 0.717) is 5.92 Å². The second-order valence-electron chi connectivity index (χ2n) is 3.06. The van der Waals surface area contributed by atoms with Gasteiger partial charge in [-0.15, -0.1) is 12.1 Å². The first-order valence-electron chi connectivity index (χ1n) is 4.42. The van der Waals surface area contributed by atoms with Crippen LogP contribution >= 0.6 is 0 Å². The first-order chi connectivity index (χ1) is 5.83. The number of hydrogen-bond donors (Lipinski definition) is 0.